The number of hydrogen-bond acceptors (Lipinski definition) is 5. The Hall–Kier alpha value is -2.51. The fraction of sp³-hybridized carbons (Fsp3) is 0.318. The summed E-state index contributed by atoms with van der Waals surface area (Å²) in [5.41, 5.74) is 2.01. The molecule has 0 saturated heterocycles. The number of ether oxygens (including phenoxy) is 1. The Labute approximate surface area is 186 Å². The zero-order valence-electron chi connectivity index (χ0n) is 17.7. The van der Waals surface area contributed by atoms with E-state index < -0.39 is 6.09 Å². The number of pyridine rings is 1. The molecule has 0 aliphatic rings. The van der Waals surface area contributed by atoms with Gasteiger partial charge in [-0.1, -0.05) is 35.5 Å². The van der Waals surface area contributed by atoms with Crippen LogP contribution in [0.15, 0.2) is 58.6 Å². The van der Waals surface area contributed by atoms with Crippen molar-refractivity contribution in [2.75, 3.05) is 7.05 Å². The first kappa shape index (κ1) is 22.2. The standard InChI is InChI=1S/C22H25ClN4O2S/c1-15-12-17(10-11-24-15)30-20-13-16(14-29-21(28)26(5)22(2,3)4)25-27(20)19-9-7-6-8-18(19)23/h6-13H,14H2,1-5H3. The van der Waals surface area contributed by atoms with E-state index >= 15 is 0 Å². The molecule has 2 aromatic heterocycles. The third kappa shape index (κ3) is 5.34. The van der Waals surface area contributed by atoms with E-state index in [1.807, 2.05) is 70.2 Å². The van der Waals surface area contributed by atoms with Gasteiger partial charge in [-0.25, -0.2) is 9.48 Å². The molecule has 2 heterocycles. The highest BCUT2D eigenvalue weighted by molar-refractivity contribution is 7.99. The fourth-order valence-corrected chi connectivity index (χ4v) is 3.80. The van der Waals surface area contributed by atoms with Crippen LogP contribution in [0.25, 0.3) is 5.69 Å². The molecule has 158 valence electrons. The lowest BCUT2D eigenvalue weighted by Crippen LogP contribution is -2.42. The number of para-hydroxylation sites is 1. The molecule has 8 heteroatoms. The van der Waals surface area contributed by atoms with Crippen molar-refractivity contribution >= 4 is 29.5 Å². The Morgan fingerprint density at radius 3 is 2.63 bits per heavy atom. The second-order valence-corrected chi connectivity index (χ2v) is 9.36. The molecule has 0 aliphatic carbocycles. The monoisotopic (exact) mass is 444 g/mol. The number of hydrogen-bond donors (Lipinski definition) is 0. The Bertz CT molecular complexity index is 1050. The van der Waals surface area contributed by atoms with Gasteiger partial charge in [0.25, 0.3) is 0 Å². The number of aromatic nitrogens is 3. The lowest BCUT2D eigenvalue weighted by Gasteiger charge is -2.30. The number of carbonyl (C=O) groups excluding carboxylic acids is 1. The first-order valence-electron chi connectivity index (χ1n) is 9.50. The maximum atomic E-state index is 12.3. The van der Waals surface area contributed by atoms with Gasteiger partial charge in [0.1, 0.15) is 17.3 Å². The van der Waals surface area contributed by atoms with Crippen molar-refractivity contribution in [1.29, 1.82) is 0 Å². The second-order valence-electron chi connectivity index (χ2n) is 7.86. The molecule has 1 aromatic carbocycles. The van der Waals surface area contributed by atoms with E-state index in [9.17, 15) is 4.79 Å². The minimum absolute atomic E-state index is 0.0691. The second kappa shape index (κ2) is 9.10. The molecule has 0 aliphatic heterocycles. The highest BCUT2D eigenvalue weighted by Crippen LogP contribution is 2.32. The van der Waals surface area contributed by atoms with Crippen LogP contribution in [0.5, 0.6) is 0 Å². The molecule has 3 aromatic rings. The van der Waals surface area contributed by atoms with E-state index in [1.54, 1.807) is 34.6 Å². The van der Waals surface area contributed by atoms with Gasteiger partial charge in [-0.3, -0.25) is 4.98 Å². The summed E-state index contributed by atoms with van der Waals surface area (Å²) in [4.78, 5) is 19.2. The molecular weight excluding hydrogens is 420 g/mol. The number of rotatable bonds is 5. The molecular formula is C22H25ClN4O2S. The maximum absolute atomic E-state index is 12.3. The van der Waals surface area contributed by atoms with Gasteiger partial charge >= 0.3 is 6.09 Å². The minimum atomic E-state index is -0.395. The number of aryl methyl sites for hydroxylation is 1. The van der Waals surface area contributed by atoms with Crippen molar-refractivity contribution < 1.29 is 9.53 Å². The van der Waals surface area contributed by atoms with Gasteiger partial charge in [0, 0.05) is 29.4 Å². The quantitative estimate of drug-likeness (QED) is 0.501. The van der Waals surface area contributed by atoms with Crippen LogP contribution in [-0.2, 0) is 11.3 Å². The summed E-state index contributed by atoms with van der Waals surface area (Å²) in [6.45, 7) is 7.87. The maximum Gasteiger partial charge on any atom is 0.410 e. The number of benzene rings is 1. The van der Waals surface area contributed by atoms with Crippen LogP contribution in [0.2, 0.25) is 5.02 Å². The van der Waals surface area contributed by atoms with Crippen molar-refractivity contribution in [3.05, 3.63) is 65.1 Å². The van der Waals surface area contributed by atoms with Gasteiger partial charge in [0.15, 0.2) is 0 Å². The Kier molecular flexibility index (Phi) is 6.73. The molecule has 0 bridgehead atoms. The van der Waals surface area contributed by atoms with Crippen molar-refractivity contribution in [3.8, 4) is 5.69 Å². The summed E-state index contributed by atoms with van der Waals surface area (Å²) in [5, 5.41) is 6.11. The van der Waals surface area contributed by atoms with Gasteiger partial charge in [0.05, 0.1) is 10.7 Å². The first-order valence-corrected chi connectivity index (χ1v) is 10.7. The highest BCUT2D eigenvalue weighted by Gasteiger charge is 2.24. The number of amides is 1. The molecule has 0 N–H and O–H groups in total. The summed E-state index contributed by atoms with van der Waals surface area (Å²) in [6.07, 6.45) is 1.38. The van der Waals surface area contributed by atoms with E-state index in [0.29, 0.717) is 10.7 Å². The van der Waals surface area contributed by atoms with Crippen molar-refractivity contribution in [3.63, 3.8) is 0 Å². The minimum Gasteiger partial charge on any atom is -0.443 e. The number of nitrogens with zero attached hydrogens (tertiary/aromatic N) is 4. The van der Waals surface area contributed by atoms with Crippen LogP contribution in [0, 0.1) is 6.92 Å². The predicted octanol–water partition coefficient (Wildman–Crippen LogP) is 5.75. The largest absolute Gasteiger partial charge is 0.443 e. The summed E-state index contributed by atoms with van der Waals surface area (Å²) >= 11 is 7.96. The average molecular weight is 445 g/mol. The van der Waals surface area contributed by atoms with Gasteiger partial charge in [-0.15, -0.1) is 0 Å². The molecule has 3 rings (SSSR count). The summed E-state index contributed by atoms with van der Waals surface area (Å²) < 4.78 is 7.26. The first-order chi connectivity index (χ1) is 14.1. The van der Waals surface area contributed by atoms with Crippen LogP contribution in [-0.4, -0.2) is 38.3 Å². The Morgan fingerprint density at radius 2 is 1.97 bits per heavy atom. The predicted molar refractivity (Wildman–Crippen MR) is 119 cm³/mol. The fourth-order valence-electron chi connectivity index (χ4n) is 2.56. The van der Waals surface area contributed by atoms with E-state index in [-0.39, 0.29) is 12.1 Å². The topological polar surface area (TPSA) is 60.2 Å². The molecule has 6 nitrogen and oxygen atoms in total. The van der Waals surface area contributed by atoms with E-state index in [4.69, 9.17) is 16.3 Å². The molecule has 0 radical (unpaired) electrons. The third-order valence-corrected chi connectivity index (χ3v) is 5.83. The van der Waals surface area contributed by atoms with Crippen LogP contribution >= 0.6 is 23.4 Å². The van der Waals surface area contributed by atoms with Gasteiger partial charge in [-0.2, -0.15) is 5.10 Å². The number of carbonyl (C=O) groups is 1. The summed E-state index contributed by atoms with van der Waals surface area (Å²) in [5.74, 6) is 0. The van der Waals surface area contributed by atoms with E-state index in [0.717, 1.165) is 21.3 Å². The molecule has 0 atom stereocenters. The molecule has 1 amide bonds. The average Bonchev–Trinajstić information content (AvgIpc) is 3.07. The SMILES string of the molecule is Cc1cc(Sc2cc(COC(=O)N(C)C(C)(C)C)nn2-c2ccccc2Cl)ccn1. The van der Waals surface area contributed by atoms with Gasteiger partial charge in [-0.05, 0) is 58.0 Å². The van der Waals surface area contributed by atoms with Gasteiger partial charge < -0.3 is 9.64 Å². The molecule has 0 fully saturated rings. The van der Waals surface area contributed by atoms with Gasteiger partial charge in [0.2, 0.25) is 0 Å². The molecule has 0 unspecified atom stereocenters. The summed E-state index contributed by atoms with van der Waals surface area (Å²) in [7, 11) is 1.72. The lowest BCUT2D eigenvalue weighted by atomic mass is 10.1. The zero-order chi connectivity index (χ0) is 21.9. The number of halogens is 1. The molecule has 0 spiro atoms. The van der Waals surface area contributed by atoms with Crippen molar-refractivity contribution in [2.24, 2.45) is 0 Å². The van der Waals surface area contributed by atoms with E-state index in [1.165, 1.54) is 0 Å². The van der Waals surface area contributed by atoms with Crippen LogP contribution < -0.4 is 0 Å². The smallest absolute Gasteiger partial charge is 0.410 e. The van der Waals surface area contributed by atoms with Crippen LogP contribution in [0.1, 0.15) is 32.2 Å². The summed E-state index contributed by atoms with van der Waals surface area (Å²) in [6, 6.07) is 13.4. The Balaban J connectivity index is 1.88. The normalized spacial score (nSPS) is 11.4. The third-order valence-electron chi connectivity index (χ3n) is 4.52. The van der Waals surface area contributed by atoms with Crippen molar-refractivity contribution in [1.82, 2.24) is 19.7 Å². The highest BCUT2D eigenvalue weighted by atomic mass is 35.5. The molecule has 30 heavy (non-hydrogen) atoms. The lowest BCUT2D eigenvalue weighted by molar-refractivity contribution is 0.0749. The van der Waals surface area contributed by atoms with Crippen LogP contribution in [0.3, 0.4) is 0 Å². The van der Waals surface area contributed by atoms with E-state index in [2.05, 4.69) is 10.1 Å². The zero-order valence-corrected chi connectivity index (χ0v) is 19.3. The Morgan fingerprint density at radius 1 is 1.23 bits per heavy atom. The van der Waals surface area contributed by atoms with Crippen LogP contribution in [0.4, 0.5) is 4.79 Å². The molecule has 0 saturated carbocycles. The van der Waals surface area contributed by atoms with Crippen molar-refractivity contribution in [2.45, 2.75) is 49.8 Å².